The molecule has 0 radical (unpaired) electrons. The molecule has 0 fully saturated rings. The van der Waals surface area contributed by atoms with Gasteiger partial charge >= 0.3 is 0 Å². The van der Waals surface area contributed by atoms with Gasteiger partial charge in [0.1, 0.15) is 5.75 Å². The molecule has 0 bridgehead atoms. The number of pyridine rings is 1. The van der Waals surface area contributed by atoms with Gasteiger partial charge in [0.05, 0.1) is 6.61 Å². The fraction of sp³-hybridized carbons (Fsp3) is 0.167. The van der Waals surface area contributed by atoms with Crippen LogP contribution in [0.25, 0.3) is 10.8 Å². The largest absolute Gasteiger partial charge is 0.494 e. The molecular weight excluding hydrogens is 312 g/mol. The maximum absolute atomic E-state index is 12.4. The summed E-state index contributed by atoms with van der Waals surface area (Å²) in [6.45, 7) is 1.13. The van der Waals surface area contributed by atoms with Gasteiger partial charge in [-0.15, -0.1) is 0 Å². The Balaban J connectivity index is 1.64. The Kier molecular flexibility index (Phi) is 4.53. The number of ether oxygens (including phenoxy) is 1. The lowest BCUT2D eigenvalue weighted by molar-refractivity contribution is 0.301. The molecule has 1 aromatic heterocycles. The van der Waals surface area contributed by atoms with Gasteiger partial charge in [0.2, 0.25) is 0 Å². The van der Waals surface area contributed by atoms with Crippen molar-refractivity contribution in [2.75, 3.05) is 12.3 Å². The second-order valence-electron chi connectivity index (χ2n) is 5.32. The van der Waals surface area contributed by atoms with Gasteiger partial charge in [0.25, 0.3) is 5.56 Å². The minimum atomic E-state index is -0.0301. The molecule has 23 heavy (non-hydrogen) atoms. The predicted octanol–water partition coefficient (Wildman–Crippen LogP) is 3.71. The van der Waals surface area contributed by atoms with Crippen molar-refractivity contribution < 1.29 is 4.74 Å². The predicted molar refractivity (Wildman–Crippen MR) is 94.2 cm³/mol. The zero-order valence-corrected chi connectivity index (χ0v) is 13.3. The second-order valence-corrected chi connectivity index (χ2v) is 5.75. The van der Waals surface area contributed by atoms with E-state index in [1.807, 2.05) is 30.5 Å². The number of nitrogen functional groups attached to an aromatic ring is 1. The van der Waals surface area contributed by atoms with E-state index in [2.05, 4.69) is 0 Å². The van der Waals surface area contributed by atoms with Crippen molar-refractivity contribution in [2.45, 2.75) is 13.0 Å². The average Bonchev–Trinajstić information content (AvgIpc) is 2.55. The van der Waals surface area contributed by atoms with E-state index in [0.29, 0.717) is 29.2 Å². The number of aromatic nitrogens is 1. The number of nitrogens with two attached hydrogens (primary N) is 1. The maximum Gasteiger partial charge on any atom is 0.258 e. The third-order valence-corrected chi connectivity index (χ3v) is 3.87. The molecule has 2 aromatic carbocycles. The molecule has 0 amide bonds. The fourth-order valence-electron chi connectivity index (χ4n) is 2.42. The summed E-state index contributed by atoms with van der Waals surface area (Å²) in [5.74, 6) is 0.775. The standard InChI is InChI=1S/C18H17ClN2O2/c19-14-3-2-13-8-10-21(18(22)17(13)12-14)9-1-11-23-16-6-4-15(20)5-7-16/h2-8,10,12H,1,9,11,20H2. The van der Waals surface area contributed by atoms with Crippen molar-refractivity contribution in [2.24, 2.45) is 0 Å². The Morgan fingerprint density at radius 1 is 1.09 bits per heavy atom. The van der Waals surface area contributed by atoms with Crippen molar-refractivity contribution in [1.82, 2.24) is 4.57 Å². The first-order valence-corrected chi connectivity index (χ1v) is 7.78. The second kappa shape index (κ2) is 6.75. The molecule has 118 valence electrons. The Hall–Kier alpha value is -2.46. The minimum Gasteiger partial charge on any atom is -0.494 e. The van der Waals surface area contributed by atoms with Gasteiger partial charge in [-0.25, -0.2) is 0 Å². The van der Waals surface area contributed by atoms with E-state index in [-0.39, 0.29) is 5.56 Å². The molecule has 0 aliphatic heterocycles. The summed E-state index contributed by atoms with van der Waals surface area (Å²) in [7, 11) is 0. The van der Waals surface area contributed by atoms with Crippen LogP contribution in [-0.2, 0) is 6.54 Å². The summed E-state index contributed by atoms with van der Waals surface area (Å²) in [4.78, 5) is 12.4. The van der Waals surface area contributed by atoms with Gasteiger partial charge in [-0.1, -0.05) is 17.7 Å². The van der Waals surface area contributed by atoms with Crippen LogP contribution in [0.3, 0.4) is 0 Å². The van der Waals surface area contributed by atoms with Gasteiger partial charge in [0.15, 0.2) is 0 Å². The Morgan fingerprint density at radius 2 is 1.87 bits per heavy atom. The summed E-state index contributed by atoms with van der Waals surface area (Å²) in [6, 6.07) is 14.5. The van der Waals surface area contributed by atoms with Gasteiger partial charge in [-0.2, -0.15) is 0 Å². The lowest BCUT2D eigenvalue weighted by atomic mass is 10.2. The van der Waals surface area contributed by atoms with Crippen LogP contribution in [0.5, 0.6) is 5.75 Å². The third kappa shape index (κ3) is 3.66. The summed E-state index contributed by atoms with van der Waals surface area (Å²) in [5, 5.41) is 2.10. The zero-order valence-electron chi connectivity index (χ0n) is 12.5. The van der Waals surface area contributed by atoms with Crippen LogP contribution < -0.4 is 16.0 Å². The lowest BCUT2D eigenvalue weighted by Gasteiger charge is -2.09. The van der Waals surface area contributed by atoms with Crippen LogP contribution in [0, 0.1) is 0 Å². The topological polar surface area (TPSA) is 57.2 Å². The molecule has 0 unspecified atom stereocenters. The van der Waals surface area contributed by atoms with Crippen LogP contribution in [0.2, 0.25) is 5.02 Å². The molecule has 2 N–H and O–H groups in total. The molecule has 0 aliphatic carbocycles. The number of benzene rings is 2. The molecule has 0 aliphatic rings. The average molecular weight is 329 g/mol. The minimum absolute atomic E-state index is 0.0301. The van der Waals surface area contributed by atoms with Crippen LogP contribution in [0.15, 0.2) is 59.5 Å². The van der Waals surface area contributed by atoms with Crippen molar-refractivity contribution in [3.63, 3.8) is 0 Å². The van der Waals surface area contributed by atoms with Crippen LogP contribution in [0.4, 0.5) is 5.69 Å². The van der Waals surface area contributed by atoms with Crippen LogP contribution in [-0.4, -0.2) is 11.2 Å². The zero-order chi connectivity index (χ0) is 16.2. The van der Waals surface area contributed by atoms with Gasteiger partial charge in [-0.3, -0.25) is 4.79 Å². The smallest absolute Gasteiger partial charge is 0.258 e. The SMILES string of the molecule is Nc1ccc(OCCCn2ccc3ccc(Cl)cc3c2=O)cc1. The van der Waals surface area contributed by atoms with E-state index in [1.165, 1.54) is 0 Å². The molecule has 5 heteroatoms. The first-order chi connectivity index (χ1) is 11.1. The molecule has 0 saturated carbocycles. The number of hydrogen-bond donors (Lipinski definition) is 1. The van der Waals surface area contributed by atoms with Crippen molar-refractivity contribution >= 4 is 28.1 Å². The normalized spacial score (nSPS) is 10.8. The lowest BCUT2D eigenvalue weighted by Crippen LogP contribution is -2.20. The quantitative estimate of drug-likeness (QED) is 0.574. The van der Waals surface area contributed by atoms with E-state index in [0.717, 1.165) is 17.6 Å². The molecule has 0 saturated heterocycles. The van der Waals surface area contributed by atoms with E-state index in [9.17, 15) is 4.79 Å². The Labute approximate surface area is 139 Å². The number of nitrogens with zero attached hydrogens (tertiary/aromatic N) is 1. The Morgan fingerprint density at radius 3 is 2.65 bits per heavy atom. The highest BCUT2D eigenvalue weighted by Gasteiger charge is 2.03. The van der Waals surface area contributed by atoms with Crippen LogP contribution in [0.1, 0.15) is 6.42 Å². The van der Waals surface area contributed by atoms with Crippen molar-refractivity contribution in [1.29, 1.82) is 0 Å². The van der Waals surface area contributed by atoms with E-state index in [4.69, 9.17) is 22.1 Å². The highest BCUT2D eigenvalue weighted by Crippen LogP contribution is 2.16. The first-order valence-electron chi connectivity index (χ1n) is 7.40. The molecule has 0 spiro atoms. The van der Waals surface area contributed by atoms with E-state index >= 15 is 0 Å². The van der Waals surface area contributed by atoms with Gasteiger partial charge in [0, 0.05) is 28.8 Å². The fourth-order valence-corrected chi connectivity index (χ4v) is 2.59. The van der Waals surface area contributed by atoms with Crippen molar-refractivity contribution in [3.8, 4) is 5.75 Å². The monoisotopic (exact) mass is 328 g/mol. The van der Waals surface area contributed by atoms with Crippen molar-refractivity contribution in [3.05, 3.63) is 70.1 Å². The number of rotatable bonds is 5. The number of halogens is 1. The molecule has 0 atom stereocenters. The van der Waals surface area contributed by atoms with Gasteiger partial charge in [-0.05, 0) is 54.3 Å². The third-order valence-electron chi connectivity index (χ3n) is 3.63. The van der Waals surface area contributed by atoms with E-state index < -0.39 is 0 Å². The molecule has 1 heterocycles. The highest BCUT2D eigenvalue weighted by atomic mass is 35.5. The molecule has 4 nitrogen and oxygen atoms in total. The molecule has 3 aromatic rings. The summed E-state index contributed by atoms with van der Waals surface area (Å²) < 4.78 is 7.32. The van der Waals surface area contributed by atoms with E-state index in [1.54, 1.807) is 28.8 Å². The summed E-state index contributed by atoms with van der Waals surface area (Å²) in [5.41, 5.74) is 6.30. The van der Waals surface area contributed by atoms with Crippen LogP contribution >= 0.6 is 11.6 Å². The summed E-state index contributed by atoms with van der Waals surface area (Å²) in [6.07, 6.45) is 2.54. The molecule has 3 rings (SSSR count). The highest BCUT2D eigenvalue weighted by molar-refractivity contribution is 6.31. The number of hydrogen-bond acceptors (Lipinski definition) is 3. The number of anilines is 1. The first kappa shape index (κ1) is 15.4. The number of aryl methyl sites for hydroxylation is 1. The summed E-state index contributed by atoms with van der Waals surface area (Å²) >= 11 is 5.97. The van der Waals surface area contributed by atoms with Gasteiger partial charge < -0.3 is 15.0 Å². The maximum atomic E-state index is 12.4. The number of fused-ring (bicyclic) bond motifs is 1. The molecular formula is C18H17ClN2O2. The Bertz CT molecular complexity index is 872.